The number of carbonyl (C=O) groups is 1. The van der Waals surface area contributed by atoms with Gasteiger partial charge in [-0.3, -0.25) is 9.89 Å². The number of likely N-dealkylation sites (tertiary alicyclic amines) is 1. The smallest absolute Gasteiger partial charge is 0.257 e. The number of nitrogens with zero attached hydrogens (tertiary/aromatic N) is 2. The van der Waals surface area contributed by atoms with Crippen molar-refractivity contribution in [2.45, 2.75) is 25.8 Å². The molecule has 1 aromatic rings. The number of carbonyl (C=O) groups excluding carboxylic acids is 1. The summed E-state index contributed by atoms with van der Waals surface area (Å²) in [6.07, 6.45) is 3.91. The molecule has 2 saturated heterocycles. The van der Waals surface area contributed by atoms with Crippen LogP contribution >= 0.6 is 0 Å². The van der Waals surface area contributed by atoms with Crippen molar-refractivity contribution in [3.05, 3.63) is 17.5 Å². The number of aromatic nitrogens is 2. The van der Waals surface area contributed by atoms with Crippen molar-refractivity contribution in [1.29, 1.82) is 0 Å². The van der Waals surface area contributed by atoms with Gasteiger partial charge in [-0.15, -0.1) is 0 Å². The van der Waals surface area contributed by atoms with E-state index in [-0.39, 0.29) is 5.91 Å². The molecule has 2 unspecified atom stereocenters. The largest absolute Gasteiger partial charge is 0.338 e. The fraction of sp³-hybridized carbons (Fsp3) is 0.667. The molecule has 1 aromatic heterocycles. The summed E-state index contributed by atoms with van der Waals surface area (Å²) in [4.78, 5) is 14.3. The van der Waals surface area contributed by atoms with Crippen molar-refractivity contribution >= 4 is 5.91 Å². The maximum atomic E-state index is 12.3. The standard InChI is InChI=1S/C12H18N4O/c1-8-10(6-14-15-8)12(17)16-5-3-11-9(7-16)2-4-13-11/h6,9,11,13H,2-5,7H2,1H3,(H,14,15). The molecule has 92 valence electrons. The van der Waals surface area contributed by atoms with E-state index in [0.29, 0.717) is 12.0 Å². The molecule has 3 rings (SSSR count). The van der Waals surface area contributed by atoms with E-state index in [1.807, 2.05) is 11.8 Å². The number of aryl methyl sites for hydroxylation is 1. The van der Waals surface area contributed by atoms with Gasteiger partial charge in [0.05, 0.1) is 11.8 Å². The molecule has 2 N–H and O–H groups in total. The number of aromatic amines is 1. The summed E-state index contributed by atoms with van der Waals surface area (Å²) in [6.45, 7) is 4.74. The molecule has 0 radical (unpaired) electrons. The van der Waals surface area contributed by atoms with Crippen LogP contribution in [-0.2, 0) is 0 Å². The minimum atomic E-state index is 0.126. The van der Waals surface area contributed by atoms with Crippen LogP contribution in [0, 0.1) is 12.8 Å². The number of piperidine rings is 1. The summed E-state index contributed by atoms with van der Waals surface area (Å²) in [6, 6.07) is 0.629. The summed E-state index contributed by atoms with van der Waals surface area (Å²) in [5.41, 5.74) is 1.58. The predicted molar refractivity (Wildman–Crippen MR) is 63.7 cm³/mol. The summed E-state index contributed by atoms with van der Waals surface area (Å²) in [7, 11) is 0. The fourth-order valence-electron chi connectivity index (χ4n) is 2.97. The molecule has 5 nitrogen and oxygen atoms in total. The van der Waals surface area contributed by atoms with E-state index in [4.69, 9.17) is 0 Å². The predicted octanol–water partition coefficient (Wildman–Crippen LogP) is 0.542. The third-order valence-corrected chi connectivity index (χ3v) is 4.00. The highest BCUT2D eigenvalue weighted by molar-refractivity contribution is 5.95. The number of hydrogen-bond donors (Lipinski definition) is 2. The van der Waals surface area contributed by atoms with Gasteiger partial charge in [0.1, 0.15) is 0 Å². The van der Waals surface area contributed by atoms with Gasteiger partial charge in [-0.05, 0) is 32.2 Å². The van der Waals surface area contributed by atoms with Crippen molar-refractivity contribution in [2.24, 2.45) is 5.92 Å². The van der Waals surface area contributed by atoms with Gasteiger partial charge in [-0.25, -0.2) is 0 Å². The molecule has 3 heterocycles. The van der Waals surface area contributed by atoms with E-state index in [1.165, 1.54) is 6.42 Å². The molecule has 17 heavy (non-hydrogen) atoms. The SMILES string of the molecule is Cc1[nH]ncc1C(=O)N1CCC2NCCC2C1. The van der Waals surface area contributed by atoms with Gasteiger partial charge in [-0.2, -0.15) is 5.10 Å². The Balaban J connectivity index is 1.73. The molecule has 5 heteroatoms. The van der Waals surface area contributed by atoms with Crippen LogP contribution in [0.4, 0.5) is 0 Å². The molecule has 0 spiro atoms. The second-order valence-electron chi connectivity index (χ2n) is 5.06. The van der Waals surface area contributed by atoms with Crippen LogP contribution in [0.2, 0.25) is 0 Å². The van der Waals surface area contributed by atoms with Gasteiger partial charge in [0.15, 0.2) is 0 Å². The van der Waals surface area contributed by atoms with Crippen LogP contribution in [0.3, 0.4) is 0 Å². The molecular weight excluding hydrogens is 216 g/mol. The van der Waals surface area contributed by atoms with E-state index >= 15 is 0 Å². The average molecular weight is 234 g/mol. The van der Waals surface area contributed by atoms with Crippen molar-refractivity contribution in [3.8, 4) is 0 Å². The lowest BCUT2D eigenvalue weighted by Gasteiger charge is -2.34. The Labute approximate surface area is 101 Å². The van der Waals surface area contributed by atoms with Crippen molar-refractivity contribution in [2.75, 3.05) is 19.6 Å². The van der Waals surface area contributed by atoms with Crippen LogP contribution in [0.1, 0.15) is 28.9 Å². The summed E-state index contributed by atoms with van der Waals surface area (Å²) in [5, 5.41) is 10.3. The van der Waals surface area contributed by atoms with Gasteiger partial charge < -0.3 is 10.2 Å². The van der Waals surface area contributed by atoms with Crippen LogP contribution in [0.5, 0.6) is 0 Å². The van der Waals surface area contributed by atoms with Crippen LogP contribution in [-0.4, -0.2) is 46.7 Å². The number of rotatable bonds is 1. The molecule has 2 fully saturated rings. The Bertz CT molecular complexity index is 428. The molecule has 2 aliphatic rings. The zero-order chi connectivity index (χ0) is 11.8. The Kier molecular flexibility index (Phi) is 2.63. The Hall–Kier alpha value is -1.36. The Morgan fingerprint density at radius 1 is 1.53 bits per heavy atom. The highest BCUT2D eigenvalue weighted by Gasteiger charge is 2.34. The second kappa shape index (κ2) is 4.14. The second-order valence-corrected chi connectivity index (χ2v) is 5.06. The molecule has 2 aliphatic heterocycles. The Morgan fingerprint density at radius 2 is 2.41 bits per heavy atom. The molecular formula is C12H18N4O. The van der Waals surface area contributed by atoms with Crippen molar-refractivity contribution < 1.29 is 4.79 Å². The van der Waals surface area contributed by atoms with Crippen LogP contribution in [0.15, 0.2) is 6.20 Å². The normalized spacial score (nSPS) is 28.2. The first kappa shape index (κ1) is 10.8. The van der Waals surface area contributed by atoms with Crippen molar-refractivity contribution in [3.63, 3.8) is 0 Å². The maximum absolute atomic E-state index is 12.3. The van der Waals surface area contributed by atoms with Crippen LogP contribution in [0.25, 0.3) is 0 Å². The summed E-state index contributed by atoms with van der Waals surface area (Å²) in [5.74, 6) is 0.765. The van der Waals surface area contributed by atoms with Gasteiger partial charge in [-0.1, -0.05) is 0 Å². The Morgan fingerprint density at radius 3 is 3.18 bits per heavy atom. The van der Waals surface area contributed by atoms with E-state index in [1.54, 1.807) is 6.20 Å². The zero-order valence-electron chi connectivity index (χ0n) is 10.1. The summed E-state index contributed by atoms with van der Waals surface area (Å²) < 4.78 is 0. The van der Waals surface area contributed by atoms with Gasteiger partial charge in [0.25, 0.3) is 5.91 Å². The summed E-state index contributed by atoms with van der Waals surface area (Å²) >= 11 is 0. The van der Waals surface area contributed by atoms with Crippen LogP contribution < -0.4 is 5.32 Å². The fourth-order valence-corrected chi connectivity index (χ4v) is 2.97. The number of amides is 1. The number of nitrogens with one attached hydrogen (secondary N) is 2. The van der Waals surface area contributed by atoms with Crippen molar-refractivity contribution in [1.82, 2.24) is 20.4 Å². The van der Waals surface area contributed by atoms with Gasteiger partial charge in [0.2, 0.25) is 0 Å². The molecule has 0 aromatic carbocycles. The quantitative estimate of drug-likeness (QED) is 0.745. The zero-order valence-corrected chi connectivity index (χ0v) is 10.1. The lowest BCUT2D eigenvalue weighted by atomic mass is 9.93. The lowest BCUT2D eigenvalue weighted by Crippen LogP contribution is -2.46. The van der Waals surface area contributed by atoms with Gasteiger partial charge >= 0.3 is 0 Å². The molecule has 0 aliphatic carbocycles. The number of fused-ring (bicyclic) bond motifs is 1. The molecule has 1 amide bonds. The van der Waals surface area contributed by atoms with E-state index in [0.717, 1.165) is 37.3 Å². The monoisotopic (exact) mass is 234 g/mol. The first-order valence-corrected chi connectivity index (χ1v) is 6.28. The highest BCUT2D eigenvalue weighted by Crippen LogP contribution is 2.25. The van der Waals surface area contributed by atoms with Gasteiger partial charge in [0, 0.05) is 24.8 Å². The maximum Gasteiger partial charge on any atom is 0.257 e. The topological polar surface area (TPSA) is 61.0 Å². The first-order valence-electron chi connectivity index (χ1n) is 6.28. The third kappa shape index (κ3) is 1.84. The minimum Gasteiger partial charge on any atom is -0.338 e. The average Bonchev–Trinajstić information content (AvgIpc) is 2.95. The number of H-pyrrole nitrogens is 1. The highest BCUT2D eigenvalue weighted by atomic mass is 16.2. The van der Waals surface area contributed by atoms with E-state index in [9.17, 15) is 4.79 Å². The third-order valence-electron chi connectivity index (χ3n) is 4.00. The minimum absolute atomic E-state index is 0.126. The van der Waals surface area contributed by atoms with E-state index in [2.05, 4.69) is 15.5 Å². The first-order chi connectivity index (χ1) is 8.25. The lowest BCUT2D eigenvalue weighted by molar-refractivity contribution is 0.0661. The molecule has 0 bridgehead atoms. The molecule has 0 saturated carbocycles. The molecule has 2 atom stereocenters. The number of hydrogen-bond acceptors (Lipinski definition) is 3. The van der Waals surface area contributed by atoms with E-state index < -0.39 is 0 Å².